The van der Waals surface area contributed by atoms with E-state index >= 15 is 0 Å². The van der Waals surface area contributed by atoms with E-state index in [1.807, 2.05) is 13.0 Å². The summed E-state index contributed by atoms with van der Waals surface area (Å²) in [6, 6.07) is 0.357. The minimum atomic E-state index is -0.475. The molecule has 1 fully saturated rings. The van der Waals surface area contributed by atoms with Crippen LogP contribution < -0.4 is 5.32 Å². The standard InChI is InChI=1S/C21H27FN4O.C2H4O2/c1-14(17-10-7-11-23-20(17)27-3)12-15(2)19-18(22)13-24-21(26-19)25-16-8-5-4-6-9-16;1-4-2-3/h10,12-13,16H,2,4-9,11H2,1,3H3,(H,24,25,26);2H,1H3/b14-12+;. The Hall–Kier alpha value is -3.03. The summed E-state index contributed by atoms with van der Waals surface area (Å²) in [7, 11) is 2.92. The maximum absolute atomic E-state index is 14.3. The Morgan fingerprint density at radius 1 is 1.29 bits per heavy atom. The SMILES string of the molecule is C=C(/C=C(\C)C1=CCCN=C1OC)c1nc(NC2CCCCC2)ncc1F.COC=O. The lowest BCUT2D eigenvalue weighted by molar-refractivity contribution is -0.126. The van der Waals surface area contributed by atoms with Gasteiger partial charge in [0.2, 0.25) is 11.8 Å². The Bertz CT molecular complexity index is 858. The Kier molecular flexibility index (Phi) is 9.87. The number of nitrogens with one attached hydrogen (secondary N) is 1. The van der Waals surface area contributed by atoms with Crippen molar-refractivity contribution in [3.63, 3.8) is 0 Å². The first-order valence-corrected chi connectivity index (χ1v) is 10.4. The van der Waals surface area contributed by atoms with Gasteiger partial charge in [0.15, 0.2) is 5.82 Å². The van der Waals surface area contributed by atoms with Gasteiger partial charge in [-0.2, -0.15) is 0 Å². The summed E-state index contributed by atoms with van der Waals surface area (Å²) < 4.78 is 23.5. The molecule has 0 aromatic carbocycles. The summed E-state index contributed by atoms with van der Waals surface area (Å²) in [4.78, 5) is 21.8. The summed E-state index contributed by atoms with van der Waals surface area (Å²) in [5.41, 5.74) is 2.55. The number of allylic oxidation sites excluding steroid dienone is 2. The molecule has 1 aromatic rings. The highest BCUT2D eigenvalue weighted by Gasteiger charge is 2.17. The van der Waals surface area contributed by atoms with Crippen molar-refractivity contribution in [3.8, 4) is 0 Å². The van der Waals surface area contributed by atoms with E-state index in [9.17, 15) is 4.39 Å². The van der Waals surface area contributed by atoms with Crippen LogP contribution >= 0.6 is 0 Å². The van der Waals surface area contributed by atoms with Crippen LogP contribution in [0.1, 0.15) is 51.1 Å². The first kappa shape index (κ1) is 24.2. The molecule has 2 heterocycles. The zero-order valence-corrected chi connectivity index (χ0v) is 18.5. The van der Waals surface area contributed by atoms with Gasteiger partial charge in [0.05, 0.1) is 20.4 Å². The van der Waals surface area contributed by atoms with E-state index in [-0.39, 0.29) is 5.69 Å². The number of halogens is 1. The number of aromatic nitrogens is 2. The zero-order valence-electron chi connectivity index (χ0n) is 18.5. The summed E-state index contributed by atoms with van der Waals surface area (Å²) in [5, 5.41) is 3.34. The molecule has 0 radical (unpaired) electrons. The molecule has 168 valence electrons. The summed E-state index contributed by atoms with van der Waals surface area (Å²) in [6.45, 7) is 7.05. The van der Waals surface area contributed by atoms with Crippen LogP contribution in [0.4, 0.5) is 10.3 Å². The monoisotopic (exact) mass is 430 g/mol. The number of hydrogen-bond acceptors (Lipinski definition) is 7. The molecule has 0 amide bonds. The highest BCUT2D eigenvalue weighted by Crippen LogP contribution is 2.24. The average Bonchev–Trinajstić information content (AvgIpc) is 2.81. The number of ether oxygens (including phenoxy) is 2. The van der Waals surface area contributed by atoms with Gasteiger partial charge in [0.25, 0.3) is 6.47 Å². The molecule has 0 atom stereocenters. The van der Waals surface area contributed by atoms with Crippen molar-refractivity contribution in [2.24, 2.45) is 4.99 Å². The van der Waals surface area contributed by atoms with Gasteiger partial charge in [-0.05, 0) is 43.4 Å². The van der Waals surface area contributed by atoms with Crippen molar-refractivity contribution < 1.29 is 18.7 Å². The fourth-order valence-corrected chi connectivity index (χ4v) is 3.55. The number of anilines is 1. The van der Waals surface area contributed by atoms with Crippen molar-refractivity contribution in [1.82, 2.24) is 9.97 Å². The van der Waals surface area contributed by atoms with Crippen LogP contribution in [0, 0.1) is 5.82 Å². The van der Waals surface area contributed by atoms with E-state index in [2.05, 4.69) is 37.7 Å². The minimum absolute atomic E-state index is 0.218. The van der Waals surface area contributed by atoms with E-state index in [0.717, 1.165) is 37.0 Å². The first-order valence-electron chi connectivity index (χ1n) is 10.4. The number of methoxy groups -OCH3 is 2. The van der Waals surface area contributed by atoms with Gasteiger partial charge in [-0.1, -0.05) is 31.9 Å². The second-order valence-corrected chi connectivity index (χ2v) is 7.35. The Morgan fingerprint density at radius 3 is 2.65 bits per heavy atom. The molecule has 1 aromatic heterocycles. The van der Waals surface area contributed by atoms with Gasteiger partial charge >= 0.3 is 0 Å². The van der Waals surface area contributed by atoms with Crippen molar-refractivity contribution >= 4 is 23.9 Å². The fourth-order valence-electron chi connectivity index (χ4n) is 3.55. The number of dihydropyridines is 1. The molecule has 7 nitrogen and oxygen atoms in total. The third-order valence-electron chi connectivity index (χ3n) is 5.06. The predicted molar refractivity (Wildman–Crippen MR) is 120 cm³/mol. The third kappa shape index (κ3) is 7.31. The van der Waals surface area contributed by atoms with Crippen LogP contribution in [-0.2, 0) is 14.3 Å². The number of rotatable bonds is 6. The van der Waals surface area contributed by atoms with Gasteiger partial charge in [-0.25, -0.2) is 14.4 Å². The minimum Gasteiger partial charge on any atom is -0.481 e. The molecule has 3 rings (SSSR count). The second-order valence-electron chi connectivity index (χ2n) is 7.35. The molecule has 0 spiro atoms. The van der Waals surface area contributed by atoms with Crippen LogP contribution in [-0.4, -0.2) is 49.1 Å². The van der Waals surface area contributed by atoms with E-state index in [0.29, 0.717) is 29.9 Å². The van der Waals surface area contributed by atoms with Crippen LogP contribution in [0.2, 0.25) is 0 Å². The lowest BCUT2D eigenvalue weighted by Crippen LogP contribution is -2.23. The summed E-state index contributed by atoms with van der Waals surface area (Å²) >= 11 is 0. The maximum atomic E-state index is 14.3. The lowest BCUT2D eigenvalue weighted by Gasteiger charge is -2.22. The number of carbonyl (C=O) groups is 1. The summed E-state index contributed by atoms with van der Waals surface area (Å²) in [5.74, 6) is 0.587. The van der Waals surface area contributed by atoms with Crippen molar-refractivity contribution in [2.75, 3.05) is 26.1 Å². The topological polar surface area (TPSA) is 85.7 Å². The predicted octanol–water partition coefficient (Wildman–Crippen LogP) is 4.48. The van der Waals surface area contributed by atoms with Gasteiger partial charge < -0.3 is 14.8 Å². The molecular weight excluding hydrogens is 399 g/mol. The van der Waals surface area contributed by atoms with Crippen LogP contribution in [0.25, 0.3) is 5.57 Å². The summed E-state index contributed by atoms with van der Waals surface area (Å²) in [6.07, 6.45) is 11.9. The van der Waals surface area contributed by atoms with Crippen molar-refractivity contribution in [2.45, 2.75) is 51.5 Å². The highest BCUT2D eigenvalue weighted by molar-refractivity contribution is 5.99. The van der Waals surface area contributed by atoms with Gasteiger partial charge in [-0.15, -0.1) is 0 Å². The van der Waals surface area contributed by atoms with Gasteiger partial charge in [0.1, 0.15) is 5.69 Å². The zero-order chi connectivity index (χ0) is 22.6. The number of hydrogen-bond donors (Lipinski definition) is 1. The van der Waals surface area contributed by atoms with E-state index < -0.39 is 5.82 Å². The third-order valence-corrected chi connectivity index (χ3v) is 5.06. The number of aliphatic imine (C=N–C) groups is 1. The van der Waals surface area contributed by atoms with Crippen molar-refractivity contribution in [3.05, 3.63) is 47.6 Å². The fraction of sp³-hybridized carbons (Fsp3) is 0.478. The lowest BCUT2D eigenvalue weighted by atomic mass is 9.96. The molecule has 2 aliphatic rings. The van der Waals surface area contributed by atoms with Crippen LogP contribution in [0.3, 0.4) is 0 Å². The molecule has 0 saturated heterocycles. The molecule has 31 heavy (non-hydrogen) atoms. The second kappa shape index (κ2) is 12.6. The Balaban J connectivity index is 0.000000785. The normalized spacial score (nSPS) is 16.8. The molecule has 8 heteroatoms. The molecule has 0 unspecified atom stereocenters. The van der Waals surface area contributed by atoms with Crippen molar-refractivity contribution in [1.29, 1.82) is 0 Å². The quantitative estimate of drug-likeness (QED) is 0.529. The van der Waals surface area contributed by atoms with Gasteiger partial charge in [-0.3, -0.25) is 9.79 Å². The highest BCUT2D eigenvalue weighted by atomic mass is 19.1. The van der Waals surface area contributed by atoms with Crippen LogP contribution in [0.15, 0.2) is 41.1 Å². The van der Waals surface area contributed by atoms with E-state index in [4.69, 9.17) is 9.53 Å². The largest absolute Gasteiger partial charge is 0.481 e. The average molecular weight is 431 g/mol. The van der Waals surface area contributed by atoms with E-state index in [1.54, 1.807) is 7.11 Å². The molecule has 1 aliphatic carbocycles. The van der Waals surface area contributed by atoms with Gasteiger partial charge in [0, 0.05) is 18.2 Å². The molecule has 1 N–H and O–H groups in total. The Morgan fingerprint density at radius 2 is 2.00 bits per heavy atom. The maximum Gasteiger partial charge on any atom is 0.292 e. The number of carbonyl (C=O) groups excluding carboxylic acids is 1. The smallest absolute Gasteiger partial charge is 0.292 e. The first-order chi connectivity index (χ1) is 15.0. The number of nitrogens with zero attached hydrogens (tertiary/aromatic N) is 3. The molecular formula is C23H31FN4O3. The molecule has 0 bridgehead atoms. The van der Waals surface area contributed by atoms with Crippen LogP contribution in [0.5, 0.6) is 0 Å². The van der Waals surface area contributed by atoms with E-state index in [1.165, 1.54) is 32.6 Å². The molecule has 1 saturated carbocycles. The molecule has 1 aliphatic heterocycles. The Labute approximate surface area is 183 Å².